The molecule has 0 amide bonds. The van der Waals surface area contributed by atoms with Gasteiger partial charge in [0.2, 0.25) is 0 Å². The molecule has 4 heteroatoms. The standard InChI is InChI=1S/C24H31Cl2N.C2H3N/c1-2-15-27(17-14-19-7-4-3-5-8-19)16-6-9-20-10-12-21(13-11-20)22-18-23(25)24(22)26;1-2-3/h3-5,7-8,10-13,22-24H,2,6,9,14-18H2,1H3;1H3. The zero-order valence-electron chi connectivity index (χ0n) is 18.2. The minimum absolute atomic E-state index is 0.0877. The highest BCUT2D eigenvalue weighted by molar-refractivity contribution is 6.31. The first-order valence-electron chi connectivity index (χ1n) is 11.0. The van der Waals surface area contributed by atoms with Gasteiger partial charge in [-0.15, -0.1) is 23.2 Å². The fraction of sp³-hybridized carbons (Fsp3) is 0.500. The van der Waals surface area contributed by atoms with Gasteiger partial charge in [0.25, 0.3) is 0 Å². The topological polar surface area (TPSA) is 27.0 Å². The zero-order valence-corrected chi connectivity index (χ0v) is 19.7. The Morgan fingerprint density at radius 2 is 1.57 bits per heavy atom. The van der Waals surface area contributed by atoms with Crippen molar-refractivity contribution in [3.8, 4) is 6.07 Å². The summed E-state index contributed by atoms with van der Waals surface area (Å²) in [6.07, 6.45) is 5.70. The van der Waals surface area contributed by atoms with Gasteiger partial charge in [0.1, 0.15) is 0 Å². The van der Waals surface area contributed by atoms with Gasteiger partial charge in [-0.1, -0.05) is 61.5 Å². The van der Waals surface area contributed by atoms with Crippen LogP contribution in [0.2, 0.25) is 0 Å². The lowest BCUT2D eigenvalue weighted by Crippen LogP contribution is -2.36. The molecule has 0 aliphatic heterocycles. The van der Waals surface area contributed by atoms with Crippen molar-refractivity contribution in [3.05, 3.63) is 71.3 Å². The molecule has 0 bridgehead atoms. The maximum atomic E-state index is 7.32. The third-order valence-corrected chi connectivity index (χ3v) is 6.84. The first-order valence-corrected chi connectivity index (χ1v) is 11.9. The van der Waals surface area contributed by atoms with Crippen molar-refractivity contribution in [1.82, 2.24) is 4.90 Å². The molecule has 3 atom stereocenters. The molecule has 2 nitrogen and oxygen atoms in total. The first-order chi connectivity index (χ1) is 14.6. The molecule has 3 rings (SSSR count). The van der Waals surface area contributed by atoms with Crippen LogP contribution >= 0.6 is 23.2 Å². The van der Waals surface area contributed by atoms with Gasteiger partial charge in [-0.2, -0.15) is 5.26 Å². The van der Waals surface area contributed by atoms with E-state index in [1.165, 1.54) is 49.5 Å². The maximum absolute atomic E-state index is 7.32. The Bertz CT molecular complexity index is 755. The number of halogens is 2. The summed E-state index contributed by atoms with van der Waals surface area (Å²) in [6.45, 7) is 7.20. The zero-order chi connectivity index (χ0) is 21.8. The first kappa shape index (κ1) is 24.7. The van der Waals surface area contributed by atoms with Gasteiger partial charge in [0, 0.05) is 19.4 Å². The Morgan fingerprint density at radius 3 is 2.13 bits per heavy atom. The van der Waals surface area contributed by atoms with E-state index < -0.39 is 0 Å². The fourth-order valence-corrected chi connectivity index (χ4v) is 4.62. The molecular weight excluding hydrogens is 411 g/mol. The predicted octanol–water partition coefficient (Wildman–Crippen LogP) is 6.81. The van der Waals surface area contributed by atoms with Gasteiger partial charge < -0.3 is 4.90 Å². The minimum atomic E-state index is 0.0877. The van der Waals surface area contributed by atoms with Crippen molar-refractivity contribution < 1.29 is 0 Å². The molecule has 2 aromatic carbocycles. The van der Waals surface area contributed by atoms with Crippen LogP contribution in [-0.4, -0.2) is 35.3 Å². The maximum Gasteiger partial charge on any atom is 0.0587 e. The van der Waals surface area contributed by atoms with E-state index >= 15 is 0 Å². The molecule has 1 fully saturated rings. The van der Waals surface area contributed by atoms with Crippen molar-refractivity contribution in [2.45, 2.75) is 62.6 Å². The Labute approximate surface area is 192 Å². The number of hydrogen-bond acceptors (Lipinski definition) is 2. The largest absolute Gasteiger partial charge is 0.303 e. The van der Waals surface area contributed by atoms with Crippen molar-refractivity contribution in [1.29, 1.82) is 5.26 Å². The fourth-order valence-electron chi connectivity index (χ4n) is 3.90. The van der Waals surface area contributed by atoms with Crippen LogP contribution in [0, 0.1) is 11.3 Å². The van der Waals surface area contributed by atoms with Crippen LogP contribution in [0.4, 0.5) is 0 Å². The number of aryl methyl sites for hydroxylation is 1. The molecular formula is C26H34Cl2N2. The second-order valence-corrected chi connectivity index (χ2v) is 9.01. The highest BCUT2D eigenvalue weighted by atomic mass is 35.5. The van der Waals surface area contributed by atoms with Gasteiger partial charge >= 0.3 is 0 Å². The number of nitrogens with zero attached hydrogens (tertiary/aromatic N) is 2. The normalized spacial score (nSPS) is 20.1. The van der Waals surface area contributed by atoms with Gasteiger partial charge in [-0.05, 0) is 61.9 Å². The van der Waals surface area contributed by atoms with Crippen molar-refractivity contribution in [3.63, 3.8) is 0 Å². The summed E-state index contributed by atoms with van der Waals surface area (Å²) in [4.78, 5) is 2.61. The average molecular weight is 445 g/mol. The van der Waals surface area contributed by atoms with Gasteiger partial charge in [0.05, 0.1) is 16.8 Å². The summed E-state index contributed by atoms with van der Waals surface area (Å²) in [5.74, 6) is 0.432. The summed E-state index contributed by atoms with van der Waals surface area (Å²) >= 11 is 12.5. The molecule has 0 aromatic heterocycles. The Kier molecular flexibility index (Phi) is 11.3. The van der Waals surface area contributed by atoms with Crippen LogP contribution < -0.4 is 0 Å². The predicted molar refractivity (Wildman–Crippen MR) is 130 cm³/mol. The van der Waals surface area contributed by atoms with E-state index in [1.54, 1.807) is 6.07 Å². The lowest BCUT2D eigenvalue weighted by atomic mass is 9.78. The van der Waals surface area contributed by atoms with E-state index in [4.69, 9.17) is 28.5 Å². The molecule has 30 heavy (non-hydrogen) atoms. The molecule has 162 valence electrons. The number of hydrogen-bond donors (Lipinski definition) is 0. The Balaban J connectivity index is 0.00000101. The molecule has 0 N–H and O–H groups in total. The van der Waals surface area contributed by atoms with Crippen molar-refractivity contribution >= 4 is 23.2 Å². The van der Waals surface area contributed by atoms with E-state index in [0.717, 1.165) is 25.8 Å². The van der Waals surface area contributed by atoms with Crippen LogP contribution in [0.15, 0.2) is 54.6 Å². The molecule has 0 radical (unpaired) electrons. The molecule has 3 unspecified atom stereocenters. The molecule has 1 aliphatic carbocycles. The highest BCUT2D eigenvalue weighted by Gasteiger charge is 2.39. The van der Waals surface area contributed by atoms with Crippen LogP contribution in [0.1, 0.15) is 55.7 Å². The molecule has 1 saturated carbocycles. The monoisotopic (exact) mass is 444 g/mol. The Morgan fingerprint density at radius 1 is 0.933 bits per heavy atom. The smallest absolute Gasteiger partial charge is 0.0587 e. The lowest BCUT2D eigenvalue weighted by molar-refractivity contribution is 0.274. The molecule has 0 heterocycles. The van der Waals surface area contributed by atoms with Crippen LogP contribution in [0.3, 0.4) is 0 Å². The SMILES string of the molecule is CC#N.CCCN(CCCc1ccc(C2CC(Cl)C2Cl)cc1)CCc1ccccc1. The average Bonchev–Trinajstić information content (AvgIpc) is 2.77. The molecule has 1 aliphatic rings. The van der Waals surface area contributed by atoms with Crippen molar-refractivity contribution in [2.24, 2.45) is 0 Å². The quantitative estimate of drug-likeness (QED) is 0.376. The van der Waals surface area contributed by atoms with Crippen LogP contribution in [-0.2, 0) is 12.8 Å². The highest BCUT2D eigenvalue weighted by Crippen LogP contribution is 2.44. The Hall–Kier alpha value is -1.53. The summed E-state index contributed by atoms with van der Waals surface area (Å²) < 4.78 is 0. The van der Waals surface area contributed by atoms with E-state index in [2.05, 4.69) is 66.4 Å². The minimum Gasteiger partial charge on any atom is -0.303 e. The summed E-state index contributed by atoms with van der Waals surface area (Å²) in [7, 11) is 0. The van der Waals surface area contributed by atoms with Gasteiger partial charge in [0.15, 0.2) is 0 Å². The second-order valence-electron chi connectivity index (χ2n) is 7.95. The number of nitriles is 1. The second kappa shape index (κ2) is 13.7. The van der Waals surface area contributed by atoms with Gasteiger partial charge in [-0.3, -0.25) is 0 Å². The molecule has 2 aromatic rings. The van der Waals surface area contributed by atoms with Crippen LogP contribution in [0.5, 0.6) is 0 Å². The molecule has 0 saturated heterocycles. The summed E-state index contributed by atoms with van der Waals surface area (Å²) in [5, 5.41) is 7.54. The number of alkyl halides is 2. The van der Waals surface area contributed by atoms with E-state index in [9.17, 15) is 0 Å². The summed E-state index contributed by atoms with van der Waals surface area (Å²) in [6, 6.07) is 21.6. The summed E-state index contributed by atoms with van der Waals surface area (Å²) in [5.41, 5.74) is 4.19. The van der Waals surface area contributed by atoms with E-state index in [-0.39, 0.29) is 10.8 Å². The van der Waals surface area contributed by atoms with Crippen LogP contribution in [0.25, 0.3) is 0 Å². The van der Waals surface area contributed by atoms with E-state index in [1.807, 2.05) is 0 Å². The third-order valence-electron chi connectivity index (χ3n) is 5.66. The lowest BCUT2D eigenvalue weighted by Gasteiger charge is -2.37. The number of rotatable bonds is 10. The van der Waals surface area contributed by atoms with E-state index in [0.29, 0.717) is 5.92 Å². The number of benzene rings is 2. The van der Waals surface area contributed by atoms with Gasteiger partial charge in [-0.25, -0.2) is 0 Å². The van der Waals surface area contributed by atoms with Crippen molar-refractivity contribution in [2.75, 3.05) is 19.6 Å². The third kappa shape index (κ3) is 7.95. The molecule has 0 spiro atoms.